The molecule has 1 fully saturated rings. The van der Waals surface area contributed by atoms with Crippen molar-refractivity contribution < 1.29 is 18.0 Å². The van der Waals surface area contributed by atoms with Gasteiger partial charge in [-0.25, -0.2) is 8.42 Å². The van der Waals surface area contributed by atoms with Gasteiger partial charge in [-0.1, -0.05) is 31.4 Å². The van der Waals surface area contributed by atoms with Crippen molar-refractivity contribution in [3.05, 3.63) is 29.8 Å². The van der Waals surface area contributed by atoms with Crippen molar-refractivity contribution in [1.29, 1.82) is 0 Å². The molecule has 3 N–H and O–H groups in total. The van der Waals surface area contributed by atoms with E-state index in [9.17, 15) is 18.0 Å². The van der Waals surface area contributed by atoms with Crippen LogP contribution >= 0.6 is 0 Å². The third-order valence-electron chi connectivity index (χ3n) is 4.19. The minimum Gasteiger partial charge on any atom is -0.346 e. The van der Waals surface area contributed by atoms with Crippen LogP contribution in [0.1, 0.15) is 57.4 Å². The molecule has 0 heterocycles. The van der Waals surface area contributed by atoms with Gasteiger partial charge in [-0.15, -0.1) is 4.83 Å². The summed E-state index contributed by atoms with van der Waals surface area (Å²) in [5, 5.41) is 2.38. The molecule has 0 aromatic heterocycles. The number of sulfonamides is 1. The molecule has 2 amide bonds. The molecule has 1 saturated carbocycles. The fraction of sp³-hybridized carbons (Fsp3) is 0.529. The zero-order valence-electron chi connectivity index (χ0n) is 14.5. The first-order chi connectivity index (χ1) is 11.8. The molecule has 2 rings (SSSR count). The summed E-state index contributed by atoms with van der Waals surface area (Å²) in [6.45, 7) is 3.40. The highest BCUT2D eigenvalue weighted by Crippen LogP contribution is 2.32. The van der Waals surface area contributed by atoms with Crippen molar-refractivity contribution in [3.8, 4) is 0 Å². The number of nitrogens with one attached hydrogen (secondary N) is 3. The maximum absolute atomic E-state index is 12.2. The second-order valence-corrected chi connectivity index (χ2v) is 8.27. The van der Waals surface area contributed by atoms with Crippen LogP contribution in [0.3, 0.4) is 0 Å². The lowest BCUT2D eigenvalue weighted by molar-refractivity contribution is -0.139. The average Bonchev–Trinajstić information content (AvgIpc) is 2.60. The Labute approximate surface area is 148 Å². The van der Waals surface area contributed by atoms with Crippen molar-refractivity contribution in [3.63, 3.8) is 0 Å². The van der Waals surface area contributed by atoms with Gasteiger partial charge >= 0.3 is 11.8 Å². The number of amides is 2. The average molecular weight is 367 g/mol. The third kappa shape index (κ3) is 5.54. The molecule has 1 aromatic rings. The van der Waals surface area contributed by atoms with Gasteiger partial charge in [0.15, 0.2) is 0 Å². The Morgan fingerprint density at radius 3 is 2.16 bits per heavy atom. The first-order valence-electron chi connectivity index (χ1n) is 8.52. The van der Waals surface area contributed by atoms with E-state index in [2.05, 4.69) is 5.32 Å². The molecule has 0 atom stereocenters. The van der Waals surface area contributed by atoms with Gasteiger partial charge in [-0.05, 0) is 50.3 Å². The van der Waals surface area contributed by atoms with Gasteiger partial charge < -0.3 is 5.32 Å². The van der Waals surface area contributed by atoms with Crippen LogP contribution in [0.4, 0.5) is 0 Å². The first kappa shape index (κ1) is 19.4. The van der Waals surface area contributed by atoms with Crippen LogP contribution < -0.4 is 15.6 Å². The summed E-state index contributed by atoms with van der Waals surface area (Å²) >= 11 is 0. The van der Waals surface area contributed by atoms with E-state index in [-0.39, 0.29) is 10.9 Å². The van der Waals surface area contributed by atoms with E-state index in [4.69, 9.17) is 0 Å². The molecule has 1 aromatic carbocycles. The maximum Gasteiger partial charge on any atom is 0.324 e. The molecule has 25 heavy (non-hydrogen) atoms. The number of rotatable bonds is 5. The molecule has 1 aliphatic rings. The van der Waals surface area contributed by atoms with E-state index in [1.54, 1.807) is 13.8 Å². The summed E-state index contributed by atoms with van der Waals surface area (Å²) in [6, 6.07) is 6.46. The number of carbonyl (C=O) groups is 2. The predicted molar refractivity (Wildman–Crippen MR) is 94.0 cm³/mol. The fourth-order valence-electron chi connectivity index (χ4n) is 2.91. The summed E-state index contributed by atoms with van der Waals surface area (Å²) in [6.07, 6.45) is 5.93. The summed E-state index contributed by atoms with van der Waals surface area (Å²) in [5.74, 6) is -1.47. The van der Waals surface area contributed by atoms with E-state index in [1.807, 2.05) is 22.4 Å². The smallest absolute Gasteiger partial charge is 0.324 e. The number of hydrazine groups is 1. The monoisotopic (exact) mass is 367 g/mol. The predicted octanol–water partition coefficient (Wildman–Crippen LogP) is 1.57. The number of hydrogen-bond acceptors (Lipinski definition) is 4. The topological polar surface area (TPSA) is 104 Å². The van der Waals surface area contributed by atoms with E-state index in [0.29, 0.717) is 5.92 Å². The van der Waals surface area contributed by atoms with Crippen molar-refractivity contribution in [2.45, 2.75) is 62.8 Å². The van der Waals surface area contributed by atoms with E-state index < -0.39 is 21.8 Å². The van der Waals surface area contributed by atoms with Crippen LogP contribution in [0.25, 0.3) is 0 Å². The molecule has 0 unspecified atom stereocenters. The van der Waals surface area contributed by atoms with Crippen LogP contribution in [0.5, 0.6) is 0 Å². The zero-order valence-corrected chi connectivity index (χ0v) is 15.4. The van der Waals surface area contributed by atoms with Crippen LogP contribution in [0.2, 0.25) is 0 Å². The van der Waals surface area contributed by atoms with Gasteiger partial charge in [0, 0.05) is 6.04 Å². The van der Waals surface area contributed by atoms with Crippen molar-refractivity contribution in [2.75, 3.05) is 0 Å². The molecule has 0 radical (unpaired) electrons. The Hall–Kier alpha value is -1.93. The summed E-state index contributed by atoms with van der Waals surface area (Å²) in [5.41, 5.74) is 3.05. The van der Waals surface area contributed by atoms with Gasteiger partial charge in [-0.2, -0.15) is 0 Å². The molecule has 138 valence electrons. The second-order valence-electron chi connectivity index (χ2n) is 6.59. The normalized spacial score (nSPS) is 15.8. The van der Waals surface area contributed by atoms with Crippen molar-refractivity contribution in [2.24, 2.45) is 0 Å². The van der Waals surface area contributed by atoms with Crippen LogP contribution in [0, 0.1) is 0 Å². The van der Waals surface area contributed by atoms with Crippen LogP contribution in [-0.2, 0) is 19.6 Å². The molecule has 0 saturated heterocycles. The van der Waals surface area contributed by atoms with E-state index >= 15 is 0 Å². The standard InChI is InChI=1S/C17H25N3O4S/c1-12(2)18-16(21)17(22)19-20-25(23,24)15-10-8-14(9-11-15)13-6-4-3-5-7-13/h8-13,20H,3-7H2,1-2H3,(H,18,21)(H,19,22). The minimum atomic E-state index is -3.93. The van der Waals surface area contributed by atoms with Crippen LogP contribution in [-0.4, -0.2) is 26.3 Å². The second kappa shape index (κ2) is 8.44. The fourth-order valence-corrected chi connectivity index (χ4v) is 3.75. The number of carbonyl (C=O) groups excluding carboxylic acids is 2. The number of benzene rings is 1. The Kier molecular flexibility index (Phi) is 6.55. The Morgan fingerprint density at radius 1 is 1.00 bits per heavy atom. The number of hydrogen-bond donors (Lipinski definition) is 3. The molecule has 1 aliphatic carbocycles. The molecule has 0 spiro atoms. The molecule has 7 nitrogen and oxygen atoms in total. The van der Waals surface area contributed by atoms with Gasteiger partial charge in [0.05, 0.1) is 4.90 Å². The highest BCUT2D eigenvalue weighted by atomic mass is 32.2. The maximum atomic E-state index is 12.2. The summed E-state index contributed by atoms with van der Waals surface area (Å²) < 4.78 is 24.4. The van der Waals surface area contributed by atoms with Gasteiger partial charge in [0.2, 0.25) is 0 Å². The minimum absolute atomic E-state index is 0.0385. The van der Waals surface area contributed by atoms with Crippen molar-refractivity contribution >= 4 is 21.8 Å². The Morgan fingerprint density at radius 2 is 1.60 bits per heavy atom. The highest BCUT2D eigenvalue weighted by molar-refractivity contribution is 7.89. The van der Waals surface area contributed by atoms with E-state index in [0.717, 1.165) is 18.4 Å². The zero-order chi connectivity index (χ0) is 18.4. The first-order valence-corrected chi connectivity index (χ1v) is 10.0. The van der Waals surface area contributed by atoms with Gasteiger partial charge in [0.1, 0.15) is 0 Å². The largest absolute Gasteiger partial charge is 0.346 e. The summed E-state index contributed by atoms with van der Waals surface area (Å²) in [4.78, 5) is 25.0. The SMILES string of the molecule is CC(C)NC(=O)C(=O)NNS(=O)(=O)c1ccc(C2CCCCC2)cc1. The lowest BCUT2D eigenvalue weighted by Crippen LogP contribution is -2.49. The molecular formula is C17H25N3O4S. The molecular weight excluding hydrogens is 342 g/mol. The lowest BCUT2D eigenvalue weighted by Gasteiger charge is -2.22. The molecule has 0 bridgehead atoms. The van der Waals surface area contributed by atoms with E-state index in [1.165, 1.54) is 31.4 Å². The quantitative estimate of drug-likeness (QED) is 0.543. The third-order valence-corrected chi connectivity index (χ3v) is 5.46. The van der Waals surface area contributed by atoms with Crippen molar-refractivity contribution in [1.82, 2.24) is 15.6 Å². The molecule has 0 aliphatic heterocycles. The Balaban J connectivity index is 1.97. The van der Waals surface area contributed by atoms with Gasteiger partial charge in [0.25, 0.3) is 10.0 Å². The van der Waals surface area contributed by atoms with Crippen LogP contribution in [0.15, 0.2) is 29.2 Å². The van der Waals surface area contributed by atoms with Gasteiger partial charge in [-0.3, -0.25) is 15.0 Å². The Bertz CT molecular complexity index is 708. The lowest BCUT2D eigenvalue weighted by atomic mass is 9.84. The highest BCUT2D eigenvalue weighted by Gasteiger charge is 2.20. The summed E-state index contributed by atoms with van der Waals surface area (Å²) in [7, 11) is -3.93. The molecule has 8 heteroatoms.